The van der Waals surface area contributed by atoms with Crippen LogP contribution in [0.3, 0.4) is 0 Å². The summed E-state index contributed by atoms with van der Waals surface area (Å²) in [6.07, 6.45) is 5.58. The van der Waals surface area contributed by atoms with Gasteiger partial charge in [0, 0.05) is 30.0 Å². The van der Waals surface area contributed by atoms with Gasteiger partial charge in [0.05, 0.1) is 0 Å². The van der Waals surface area contributed by atoms with Gasteiger partial charge < -0.3 is 5.32 Å². The van der Waals surface area contributed by atoms with Crippen molar-refractivity contribution in [2.75, 3.05) is 6.54 Å². The third kappa shape index (κ3) is 2.47. The van der Waals surface area contributed by atoms with E-state index in [9.17, 15) is 4.79 Å². The van der Waals surface area contributed by atoms with Crippen molar-refractivity contribution in [3.63, 3.8) is 0 Å². The number of carbonyl (C=O) groups excluding carboxylic acids is 1. The molecule has 0 unspecified atom stereocenters. The summed E-state index contributed by atoms with van der Waals surface area (Å²) in [4.78, 5) is 20.4. The molecule has 0 aliphatic heterocycles. The van der Waals surface area contributed by atoms with Gasteiger partial charge in [-0.15, -0.1) is 0 Å². The number of hydrogen-bond acceptors (Lipinski definition) is 3. The van der Waals surface area contributed by atoms with E-state index >= 15 is 0 Å². The third-order valence-electron chi connectivity index (χ3n) is 3.55. The molecule has 1 fully saturated rings. The van der Waals surface area contributed by atoms with E-state index in [4.69, 9.17) is 0 Å². The van der Waals surface area contributed by atoms with Crippen LogP contribution in [0, 0.1) is 0 Å². The van der Waals surface area contributed by atoms with Crippen molar-refractivity contribution >= 4 is 5.91 Å². The van der Waals surface area contributed by atoms with Crippen molar-refractivity contribution in [2.45, 2.75) is 18.3 Å². The van der Waals surface area contributed by atoms with Gasteiger partial charge in [0.1, 0.15) is 5.69 Å². The molecule has 0 aromatic carbocycles. The summed E-state index contributed by atoms with van der Waals surface area (Å²) in [6, 6.07) is 11.3. The second-order valence-corrected chi connectivity index (χ2v) is 4.89. The highest BCUT2D eigenvalue weighted by molar-refractivity contribution is 5.92. The molecule has 4 nitrogen and oxygen atoms in total. The van der Waals surface area contributed by atoms with Crippen LogP contribution >= 0.6 is 0 Å². The molecule has 1 aliphatic rings. The van der Waals surface area contributed by atoms with Gasteiger partial charge in [-0.2, -0.15) is 0 Å². The van der Waals surface area contributed by atoms with Crippen molar-refractivity contribution in [1.29, 1.82) is 0 Å². The lowest BCUT2D eigenvalue weighted by Gasteiger charge is -2.15. The number of hydrogen-bond donors (Lipinski definition) is 1. The maximum atomic E-state index is 12.0. The van der Waals surface area contributed by atoms with E-state index < -0.39 is 0 Å². The Balaban J connectivity index is 1.66. The van der Waals surface area contributed by atoms with Gasteiger partial charge in [0.25, 0.3) is 5.91 Å². The molecule has 1 N–H and O–H groups in total. The minimum absolute atomic E-state index is 0.0334. The molecule has 3 rings (SSSR count). The summed E-state index contributed by atoms with van der Waals surface area (Å²) in [7, 11) is 0. The molecular formula is C15H15N3O. The molecule has 0 saturated heterocycles. The lowest BCUT2D eigenvalue weighted by molar-refractivity contribution is 0.0944. The first kappa shape index (κ1) is 11.8. The molecule has 0 spiro atoms. The molecule has 1 amide bonds. The lowest BCUT2D eigenvalue weighted by Crippen LogP contribution is -2.33. The fourth-order valence-corrected chi connectivity index (χ4v) is 2.19. The van der Waals surface area contributed by atoms with Crippen LogP contribution in [0.1, 0.15) is 29.0 Å². The number of carbonyl (C=O) groups is 1. The predicted molar refractivity (Wildman–Crippen MR) is 71.7 cm³/mol. The zero-order chi connectivity index (χ0) is 13.1. The molecule has 2 aromatic heterocycles. The highest BCUT2D eigenvalue weighted by atomic mass is 16.1. The van der Waals surface area contributed by atoms with E-state index in [2.05, 4.69) is 15.3 Å². The zero-order valence-corrected chi connectivity index (χ0v) is 10.5. The molecule has 4 heteroatoms. The molecule has 1 aliphatic carbocycles. The van der Waals surface area contributed by atoms with Crippen LogP contribution in [0.25, 0.3) is 0 Å². The van der Waals surface area contributed by atoms with E-state index in [1.807, 2.05) is 24.3 Å². The van der Waals surface area contributed by atoms with Crippen LogP contribution in [-0.4, -0.2) is 22.4 Å². The summed E-state index contributed by atoms with van der Waals surface area (Å²) >= 11 is 0. The Morgan fingerprint density at radius 2 is 1.84 bits per heavy atom. The Kier molecular flexibility index (Phi) is 2.99. The standard InChI is InChI=1S/C15H15N3O/c19-14(12-5-1-3-9-16-12)18-11-15(7-8-15)13-6-2-4-10-17-13/h1-6,9-10H,7-8,11H2,(H,18,19). The van der Waals surface area contributed by atoms with Gasteiger partial charge in [-0.25, -0.2) is 0 Å². The Morgan fingerprint density at radius 1 is 1.11 bits per heavy atom. The second-order valence-electron chi connectivity index (χ2n) is 4.89. The molecule has 0 atom stereocenters. The molecule has 96 valence electrons. The van der Waals surface area contributed by atoms with Crippen molar-refractivity contribution in [1.82, 2.24) is 15.3 Å². The topological polar surface area (TPSA) is 54.9 Å². The SMILES string of the molecule is O=C(NCC1(c2ccccn2)CC1)c1ccccn1. The maximum Gasteiger partial charge on any atom is 0.269 e. The van der Waals surface area contributed by atoms with Gasteiger partial charge in [-0.3, -0.25) is 14.8 Å². The van der Waals surface area contributed by atoms with Crippen LogP contribution in [0.2, 0.25) is 0 Å². The van der Waals surface area contributed by atoms with Crippen molar-refractivity contribution in [3.8, 4) is 0 Å². The highest BCUT2D eigenvalue weighted by Crippen LogP contribution is 2.46. The largest absolute Gasteiger partial charge is 0.350 e. The Hall–Kier alpha value is -2.23. The first-order chi connectivity index (χ1) is 9.30. The average Bonchev–Trinajstić information content (AvgIpc) is 3.28. The van der Waals surface area contributed by atoms with Crippen LogP contribution in [0.5, 0.6) is 0 Å². The number of nitrogens with one attached hydrogen (secondary N) is 1. The monoisotopic (exact) mass is 253 g/mol. The molecular weight excluding hydrogens is 238 g/mol. The Morgan fingerprint density at radius 3 is 2.42 bits per heavy atom. The number of pyridine rings is 2. The fourth-order valence-electron chi connectivity index (χ4n) is 2.19. The lowest BCUT2D eigenvalue weighted by atomic mass is 10.0. The first-order valence-corrected chi connectivity index (χ1v) is 6.41. The highest BCUT2D eigenvalue weighted by Gasteiger charge is 2.45. The first-order valence-electron chi connectivity index (χ1n) is 6.41. The van der Waals surface area contributed by atoms with Gasteiger partial charge in [-0.05, 0) is 37.1 Å². The smallest absolute Gasteiger partial charge is 0.269 e. The third-order valence-corrected chi connectivity index (χ3v) is 3.55. The van der Waals surface area contributed by atoms with E-state index in [0.29, 0.717) is 12.2 Å². The zero-order valence-electron chi connectivity index (χ0n) is 10.5. The summed E-state index contributed by atoms with van der Waals surface area (Å²) in [5, 5.41) is 2.96. The minimum atomic E-state index is -0.122. The number of aromatic nitrogens is 2. The van der Waals surface area contributed by atoms with Gasteiger partial charge in [0.15, 0.2) is 0 Å². The Bertz CT molecular complexity index is 564. The number of rotatable bonds is 4. The van der Waals surface area contributed by atoms with Gasteiger partial charge >= 0.3 is 0 Å². The van der Waals surface area contributed by atoms with Crippen LogP contribution in [-0.2, 0) is 5.41 Å². The van der Waals surface area contributed by atoms with E-state index in [-0.39, 0.29) is 11.3 Å². The van der Waals surface area contributed by atoms with E-state index in [0.717, 1.165) is 18.5 Å². The molecule has 19 heavy (non-hydrogen) atoms. The van der Waals surface area contributed by atoms with Gasteiger partial charge in [-0.1, -0.05) is 12.1 Å². The predicted octanol–water partition coefficient (Wildman–Crippen LogP) is 1.94. The summed E-state index contributed by atoms with van der Waals surface area (Å²) in [6.45, 7) is 0.624. The number of nitrogens with zero attached hydrogens (tertiary/aromatic N) is 2. The summed E-state index contributed by atoms with van der Waals surface area (Å²) in [5.74, 6) is -0.122. The molecule has 1 saturated carbocycles. The van der Waals surface area contributed by atoms with Crippen molar-refractivity contribution in [3.05, 3.63) is 60.2 Å². The van der Waals surface area contributed by atoms with Crippen molar-refractivity contribution in [2.24, 2.45) is 0 Å². The number of amides is 1. The van der Waals surface area contributed by atoms with E-state index in [1.165, 1.54) is 0 Å². The fraction of sp³-hybridized carbons (Fsp3) is 0.267. The molecule has 2 heterocycles. The normalized spacial score (nSPS) is 15.8. The van der Waals surface area contributed by atoms with E-state index in [1.54, 1.807) is 24.5 Å². The molecule has 0 bridgehead atoms. The van der Waals surface area contributed by atoms with Crippen molar-refractivity contribution < 1.29 is 4.79 Å². The Labute approximate surface area is 111 Å². The molecule has 2 aromatic rings. The van der Waals surface area contributed by atoms with Crippen LogP contribution < -0.4 is 5.32 Å². The summed E-state index contributed by atoms with van der Waals surface area (Å²) in [5.41, 5.74) is 1.56. The minimum Gasteiger partial charge on any atom is -0.350 e. The van der Waals surface area contributed by atoms with Crippen LogP contribution in [0.4, 0.5) is 0 Å². The quantitative estimate of drug-likeness (QED) is 0.906. The van der Waals surface area contributed by atoms with Gasteiger partial charge in [0.2, 0.25) is 0 Å². The second kappa shape index (κ2) is 4.80. The van der Waals surface area contributed by atoms with Crippen LogP contribution in [0.15, 0.2) is 48.8 Å². The summed E-state index contributed by atoms with van der Waals surface area (Å²) < 4.78 is 0. The molecule has 0 radical (unpaired) electrons. The average molecular weight is 253 g/mol. The maximum absolute atomic E-state index is 12.0.